The number of fused-ring (bicyclic) bond motifs is 3. The van der Waals surface area contributed by atoms with Gasteiger partial charge in [0, 0.05) is 23.3 Å². The highest BCUT2D eigenvalue weighted by atomic mass is 16.5. The summed E-state index contributed by atoms with van der Waals surface area (Å²) in [6, 6.07) is 20.5. The highest BCUT2D eigenvalue weighted by molar-refractivity contribution is 6.07. The number of furan rings is 1. The number of para-hydroxylation sites is 2. The molecule has 0 aliphatic carbocycles. The molecule has 1 amide bonds. The van der Waals surface area contributed by atoms with Crippen LogP contribution in [0.4, 0.5) is 5.69 Å². The number of esters is 1. The third-order valence-corrected chi connectivity index (χ3v) is 4.87. The van der Waals surface area contributed by atoms with Gasteiger partial charge >= 0.3 is 5.97 Å². The van der Waals surface area contributed by atoms with Crippen LogP contribution in [-0.2, 0) is 14.3 Å². The largest absolute Gasteiger partial charge is 0.495 e. The van der Waals surface area contributed by atoms with Gasteiger partial charge in [-0.2, -0.15) is 0 Å². The van der Waals surface area contributed by atoms with Gasteiger partial charge in [-0.15, -0.1) is 0 Å². The summed E-state index contributed by atoms with van der Waals surface area (Å²) in [6.45, 7) is -0.000277. The molecule has 0 spiro atoms. The molecule has 4 aromatic rings. The Balaban J connectivity index is 1.29. The summed E-state index contributed by atoms with van der Waals surface area (Å²) >= 11 is 0. The van der Waals surface area contributed by atoms with Crippen molar-refractivity contribution in [3.8, 4) is 11.5 Å². The van der Waals surface area contributed by atoms with Gasteiger partial charge < -0.3 is 23.9 Å². The third kappa shape index (κ3) is 5.00. The monoisotopic (exact) mass is 433 g/mol. The number of amides is 1. The van der Waals surface area contributed by atoms with Gasteiger partial charge in [0.05, 0.1) is 19.4 Å². The molecule has 0 unspecified atom stereocenters. The molecular weight excluding hydrogens is 410 g/mol. The molecule has 0 saturated carbocycles. The van der Waals surface area contributed by atoms with E-state index >= 15 is 0 Å². The van der Waals surface area contributed by atoms with E-state index in [-0.39, 0.29) is 13.0 Å². The predicted octanol–water partition coefficient (Wildman–Crippen LogP) is 4.94. The number of nitrogens with one attached hydrogen (secondary N) is 1. The maximum absolute atomic E-state index is 12.3. The first-order valence-corrected chi connectivity index (χ1v) is 10.3. The number of ether oxygens (including phenoxy) is 3. The second-order valence-corrected chi connectivity index (χ2v) is 7.12. The van der Waals surface area contributed by atoms with Gasteiger partial charge in [0.15, 0.2) is 6.61 Å². The van der Waals surface area contributed by atoms with Crippen LogP contribution >= 0.6 is 0 Å². The highest BCUT2D eigenvalue weighted by Gasteiger charge is 2.15. The minimum Gasteiger partial charge on any atom is -0.495 e. The van der Waals surface area contributed by atoms with E-state index in [0.717, 1.165) is 22.1 Å². The minimum atomic E-state index is -0.465. The fraction of sp³-hybridized carbons (Fsp3) is 0.200. The van der Waals surface area contributed by atoms with Gasteiger partial charge in [0.1, 0.15) is 22.7 Å². The molecule has 0 bridgehead atoms. The number of hydrogen-bond donors (Lipinski definition) is 1. The van der Waals surface area contributed by atoms with Gasteiger partial charge in [0.2, 0.25) is 0 Å². The van der Waals surface area contributed by atoms with Gasteiger partial charge in [-0.25, -0.2) is 0 Å². The van der Waals surface area contributed by atoms with Crippen LogP contribution in [0.15, 0.2) is 71.1 Å². The van der Waals surface area contributed by atoms with E-state index in [1.165, 1.54) is 7.11 Å². The van der Waals surface area contributed by atoms with E-state index in [1.807, 2.05) is 60.7 Å². The zero-order valence-corrected chi connectivity index (χ0v) is 17.6. The summed E-state index contributed by atoms with van der Waals surface area (Å²) in [6.07, 6.45) is 0.653. The lowest BCUT2D eigenvalue weighted by Gasteiger charge is -2.11. The van der Waals surface area contributed by atoms with Gasteiger partial charge in [-0.05, 0) is 30.7 Å². The Morgan fingerprint density at radius 2 is 1.72 bits per heavy atom. The number of carbonyl (C=O) groups excluding carboxylic acids is 2. The zero-order valence-electron chi connectivity index (χ0n) is 17.6. The Morgan fingerprint density at radius 1 is 0.938 bits per heavy atom. The van der Waals surface area contributed by atoms with Crippen molar-refractivity contribution in [3.63, 3.8) is 0 Å². The molecule has 0 radical (unpaired) electrons. The number of rotatable bonds is 9. The molecule has 0 aliphatic rings. The second kappa shape index (κ2) is 9.87. The summed E-state index contributed by atoms with van der Waals surface area (Å²) in [5.41, 5.74) is 1.81. The summed E-state index contributed by atoms with van der Waals surface area (Å²) in [5.74, 6) is 0.307. The van der Waals surface area contributed by atoms with Crippen LogP contribution in [0.25, 0.3) is 21.9 Å². The Bertz CT molecular complexity index is 1230. The quantitative estimate of drug-likeness (QED) is 0.297. The van der Waals surface area contributed by atoms with E-state index in [1.54, 1.807) is 6.07 Å². The van der Waals surface area contributed by atoms with Crippen LogP contribution in [0.2, 0.25) is 0 Å². The van der Waals surface area contributed by atoms with Crippen molar-refractivity contribution in [2.24, 2.45) is 0 Å². The number of carbonyl (C=O) groups is 2. The second-order valence-electron chi connectivity index (χ2n) is 7.12. The summed E-state index contributed by atoms with van der Waals surface area (Å²) in [5, 5.41) is 4.57. The van der Waals surface area contributed by atoms with Crippen LogP contribution in [0.3, 0.4) is 0 Å². The van der Waals surface area contributed by atoms with Crippen molar-refractivity contribution < 1.29 is 28.2 Å². The van der Waals surface area contributed by atoms with E-state index in [4.69, 9.17) is 18.6 Å². The summed E-state index contributed by atoms with van der Waals surface area (Å²) in [7, 11) is 1.52. The molecule has 1 heterocycles. The Labute approximate surface area is 184 Å². The maximum Gasteiger partial charge on any atom is 0.306 e. The Morgan fingerprint density at radius 3 is 2.53 bits per heavy atom. The van der Waals surface area contributed by atoms with Crippen molar-refractivity contribution in [2.45, 2.75) is 12.8 Å². The molecule has 7 nitrogen and oxygen atoms in total. The third-order valence-electron chi connectivity index (χ3n) is 4.87. The molecule has 0 aliphatic heterocycles. The zero-order chi connectivity index (χ0) is 22.3. The lowest BCUT2D eigenvalue weighted by Crippen LogP contribution is -2.21. The van der Waals surface area contributed by atoms with Crippen molar-refractivity contribution >= 4 is 39.5 Å². The molecule has 3 aromatic carbocycles. The van der Waals surface area contributed by atoms with Crippen LogP contribution in [0.5, 0.6) is 11.5 Å². The fourth-order valence-corrected chi connectivity index (χ4v) is 3.35. The lowest BCUT2D eigenvalue weighted by atomic mass is 10.1. The van der Waals surface area contributed by atoms with Gasteiger partial charge in [-0.1, -0.05) is 36.4 Å². The number of methoxy groups -OCH3 is 1. The molecule has 32 heavy (non-hydrogen) atoms. The normalized spacial score (nSPS) is 10.8. The van der Waals surface area contributed by atoms with E-state index in [2.05, 4.69) is 5.32 Å². The highest BCUT2D eigenvalue weighted by Crippen LogP contribution is 2.36. The Kier molecular flexibility index (Phi) is 6.55. The SMILES string of the molecule is COc1cc2c(cc1NC(=O)COC(=O)CCCOc1ccccc1)oc1ccccc12. The standard InChI is InChI=1S/C25H23NO6/c1-29-23-14-19-18-10-5-6-11-21(18)32-22(19)15-20(23)26-24(27)16-31-25(28)12-7-13-30-17-8-3-2-4-9-17/h2-6,8-11,14-15H,7,12-13,16H2,1H3,(H,26,27). The molecule has 7 heteroatoms. The molecule has 1 aromatic heterocycles. The molecule has 1 N–H and O–H groups in total. The molecule has 164 valence electrons. The smallest absolute Gasteiger partial charge is 0.306 e. The molecular formula is C25H23NO6. The summed E-state index contributed by atoms with van der Waals surface area (Å²) < 4.78 is 21.9. The van der Waals surface area contributed by atoms with Crippen LogP contribution in [0, 0.1) is 0 Å². The molecule has 0 fully saturated rings. The average molecular weight is 433 g/mol. The van der Waals surface area contributed by atoms with E-state index in [9.17, 15) is 9.59 Å². The van der Waals surface area contributed by atoms with Crippen LogP contribution < -0.4 is 14.8 Å². The molecule has 0 atom stereocenters. The van der Waals surface area contributed by atoms with Crippen molar-refractivity contribution in [1.29, 1.82) is 0 Å². The van der Waals surface area contributed by atoms with Crippen molar-refractivity contribution in [1.82, 2.24) is 0 Å². The molecule has 4 rings (SSSR count). The maximum atomic E-state index is 12.3. The number of anilines is 1. The first-order chi connectivity index (χ1) is 15.6. The van der Waals surface area contributed by atoms with E-state index < -0.39 is 11.9 Å². The van der Waals surface area contributed by atoms with Gasteiger partial charge in [-0.3, -0.25) is 9.59 Å². The number of hydrogen-bond acceptors (Lipinski definition) is 6. The lowest BCUT2D eigenvalue weighted by molar-refractivity contribution is -0.147. The molecule has 0 saturated heterocycles. The van der Waals surface area contributed by atoms with Crippen LogP contribution in [-0.4, -0.2) is 32.2 Å². The Hall–Kier alpha value is -4.00. The van der Waals surface area contributed by atoms with Gasteiger partial charge in [0.25, 0.3) is 5.91 Å². The topological polar surface area (TPSA) is 87.0 Å². The van der Waals surface area contributed by atoms with Crippen molar-refractivity contribution in [2.75, 3.05) is 25.6 Å². The van der Waals surface area contributed by atoms with Crippen LogP contribution in [0.1, 0.15) is 12.8 Å². The van der Waals surface area contributed by atoms with E-state index in [0.29, 0.717) is 30.0 Å². The predicted molar refractivity (Wildman–Crippen MR) is 121 cm³/mol. The first-order valence-electron chi connectivity index (χ1n) is 10.3. The minimum absolute atomic E-state index is 0.161. The first kappa shape index (κ1) is 21.2. The summed E-state index contributed by atoms with van der Waals surface area (Å²) in [4.78, 5) is 24.2. The fourth-order valence-electron chi connectivity index (χ4n) is 3.35. The van der Waals surface area contributed by atoms with Crippen molar-refractivity contribution in [3.05, 3.63) is 66.7 Å². The average Bonchev–Trinajstić information content (AvgIpc) is 3.18. The number of benzene rings is 3.